The van der Waals surface area contributed by atoms with E-state index in [0.29, 0.717) is 22.9 Å². The number of ether oxygens (including phenoxy) is 1. The van der Waals surface area contributed by atoms with Gasteiger partial charge < -0.3 is 14.7 Å². The number of hydrogen-bond donors (Lipinski definition) is 1. The summed E-state index contributed by atoms with van der Waals surface area (Å²) < 4.78 is 6.36. The van der Waals surface area contributed by atoms with Gasteiger partial charge in [-0.05, 0) is 106 Å². The highest BCUT2D eigenvalue weighted by Crippen LogP contribution is 2.66. The number of fused-ring (bicyclic) bond motifs is 5. The Morgan fingerprint density at radius 2 is 1.87 bits per heavy atom. The zero-order chi connectivity index (χ0) is 21.5. The summed E-state index contributed by atoms with van der Waals surface area (Å²) in [5.41, 5.74) is 2.48. The molecular weight excluding hydrogens is 370 g/mol. The molecule has 4 aliphatic carbocycles. The molecule has 8 atom stereocenters. The molecule has 172 valence electrons. The van der Waals surface area contributed by atoms with E-state index >= 15 is 0 Å². The van der Waals surface area contributed by atoms with E-state index in [4.69, 9.17) is 4.74 Å². The number of hydrogen-bond acceptors (Lipinski definition) is 3. The van der Waals surface area contributed by atoms with Crippen LogP contribution in [0.4, 0.5) is 0 Å². The van der Waals surface area contributed by atoms with Crippen molar-refractivity contribution < 1.29 is 9.84 Å². The lowest BCUT2D eigenvalue weighted by Crippen LogP contribution is -2.51. The average molecular weight is 418 g/mol. The summed E-state index contributed by atoms with van der Waals surface area (Å²) in [5, 5.41) is 10.4. The van der Waals surface area contributed by atoms with Crippen LogP contribution in [0, 0.1) is 34.5 Å². The fraction of sp³-hybridized carbons (Fsp3) is 0.926. The highest BCUT2D eigenvalue weighted by molar-refractivity contribution is 5.25. The van der Waals surface area contributed by atoms with Crippen LogP contribution in [-0.2, 0) is 4.74 Å². The van der Waals surface area contributed by atoms with E-state index < -0.39 is 0 Å². The lowest BCUT2D eigenvalue weighted by molar-refractivity contribution is -0.0729. The van der Waals surface area contributed by atoms with Crippen LogP contribution in [0.15, 0.2) is 11.6 Å². The zero-order valence-corrected chi connectivity index (χ0v) is 20.3. The lowest BCUT2D eigenvalue weighted by atomic mass is 9.47. The SMILES string of the molecule is CCN(CC)CCO[C@H]1CC[C@@]2(C)C(=CC[C@H]3[C@@H]4CC[C@H](C(C)O)[C@@]4(C)CC[C@@H]32)C1. The van der Waals surface area contributed by atoms with Gasteiger partial charge in [0, 0.05) is 6.54 Å². The van der Waals surface area contributed by atoms with Crippen LogP contribution in [0.25, 0.3) is 0 Å². The molecule has 30 heavy (non-hydrogen) atoms. The van der Waals surface area contributed by atoms with Gasteiger partial charge in [-0.25, -0.2) is 0 Å². The Bertz CT molecular complexity index is 626. The molecule has 0 aliphatic heterocycles. The smallest absolute Gasteiger partial charge is 0.0613 e. The van der Waals surface area contributed by atoms with Crippen LogP contribution in [0.3, 0.4) is 0 Å². The van der Waals surface area contributed by atoms with Crippen molar-refractivity contribution >= 4 is 0 Å². The molecule has 3 nitrogen and oxygen atoms in total. The summed E-state index contributed by atoms with van der Waals surface area (Å²) >= 11 is 0. The molecule has 0 aromatic rings. The van der Waals surface area contributed by atoms with E-state index in [2.05, 4.69) is 38.7 Å². The first kappa shape index (κ1) is 22.8. The maximum Gasteiger partial charge on any atom is 0.0613 e. The summed E-state index contributed by atoms with van der Waals surface area (Å²) in [6.07, 6.45) is 13.1. The topological polar surface area (TPSA) is 32.7 Å². The van der Waals surface area contributed by atoms with E-state index in [0.717, 1.165) is 50.4 Å². The molecule has 1 N–H and O–H groups in total. The van der Waals surface area contributed by atoms with Crippen LogP contribution >= 0.6 is 0 Å². The van der Waals surface area contributed by atoms with Crippen LogP contribution in [-0.4, -0.2) is 48.5 Å². The Labute approximate surface area is 185 Å². The lowest BCUT2D eigenvalue weighted by Gasteiger charge is -2.58. The minimum Gasteiger partial charge on any atom is -0.393 e. The van der Waals surface area contributed by atoms with Crippen molar-refractivity contribution in [3.63, 3.8) is 0 Å². The second-order valence-electron chi connectivity index (χ2n) is 11.5. The Morgan fingerprint density at radius 1 is 1.10 bits per heavy atom. The zero-order valence-electron chi connectivity index (χ0n) is 20.3. The third-order valence-corrected chi connectivity index (χ3v) is 10.4. The Kier molecular flexibility index (Phi) is 6.74. The molecule has 0 aromatic heterocycles. The molecule has 0 heterocycles. The number of aliphatic hydroxyl groups is 1. The number of nitrogens with zero attached hydrogens (tertiary/aromatic N) is 1. The monoisotopic (exact) mass is 417 g/mol. The van der Waals surface area contributed by atoms with Gasteiger partial charge in [0.1, 0.15) is 0 Å². The molecule has 3 fully saturated rings. The Morgan fingerprint density at radius 3 is 2.57 bits per heavy atom. The predicted octanol–water partition coefficient (Wildman–Crippen LogP) is 5.67. The first-order chi connectivity index (χ1) is 14.3. The van der Waals surface area contributed by atoms with Crippen LogP contribution in [0.1, 0.15) is 86.0 Å². The first-order valence-electron chi connectivity index (χ1n) is 13.0. The quantitative estimate of drug-likeness (QED) is 0.542. The van der Waals surface area contributed by atoms with Gasteiger partial charge in [-0.2, -0.15) is 0 Å². The van der Waals surface area contributed by atoms with Crippen molar-refractivity contribution in [3.8, 4) is 0 Å². The first-order valence-corrected chi connectivity index (χ1v) is 13.0. The number of aliphatic hydroxyl groups excluding tert-OH is 1. The van der Waals surface area contributed by atoms with Crippen LogP contribution in [0.5, 0.6) is 0 Å². The van der Waals surface area contributed by atoms with Crippen LogP contribution in [0.2, 0.25) is 0 Å². The maximum absolute atomic E-state index is 10.4. The van der Waals surface area contributed by atoms with Crippen molar-refractivity contribution in [3.05, 3.63) is 11.6 Å². The largest absolute Gasteiger partial charge is 0.393 e. The van der Waals surface area contributed by atoms with Crippen molar-refractivity contribution in [1.29, 1.82) is 0 Å². The molecule has 0 aromatic carbocycles. The molecule has 3 saturated carbocycles. The molecular formula is C27H47NO2. The summed E-state index contributed by atoms with van der Waals surface area (Å²) in [4.78, 5) is 2.46. The standard InChI is InChI=1S/C27H47NO2/c1-6-28(7-2)16-17-30-21-12-14-26(4)20(18-21)8-9-22-24-11-10-23(19(3)29)27(24,5)15-13-25(22)26/h8,19,21-25,29H,6-7,9-18H2,1-5H3/t19?,21-,22-,23+,24-,25-,26-,27+/m0/s1. The van der Waals surface area contributed by atoms with Gasteiger partial charge in [-0.3, -0.25) is 0 Å². The van der Waals surface area contributed by atoms with E-state index in [9.17, 15) is 5.11 Å². The van der Waals surface area contributed by atoms with E-state index in [1.54, 1.807) is 5.57 Å². The number of rotatable bonds is 7. The highest BCUT2D eigenvalue weighted by atomic mass is 16.5. The van der Waals surface area contributed by atoms with Crippen molar-refractivity contribution in [2.45, 2.75) is 98.2 Å². The third kappa shape index (κ3) is 3.82. The summed E-state index contributed by atoms with van der Waals surface area (Å²) in [6.45, 7) is 15.8. The van der Waals surface area contributed by atoms with Gasteiger partial charge >= 0.3 is 0 Å². The predicted molar refractivity (Wildman–Crippen MR) is 124 cm³/mol. The molecule has 3 heteroatoms. The van der Waals surface area contributed by atoms with E-state index in [1.165, 1.54) is 44.9 Å². The second kappa shape index (κ2) is 8.87. The third-order valence-electron chi connectivity index (χ3n) is 10.4. The molecule has 0 bridgehead atoms. The highest BCUT2D eigenvalue weighted by Gasteiger charge is 2.59. The number of likely N-dealkylation sites (N-methyl/N-ethyl adjacent to an activating group) is 1. The maximum atomic E-state index is 10.4. The van der Waals surface area contributed by atoms with E-state index in [-0.39, 0.29) is 6.10 Å². The summed E-state index contributed by atoms with van der Waals surface area (Å²) in [7, 11) is 0. The number of allylic oxidation sites excluding steroid dienone is 1. The molecule has 4 aliphatic rings. The second-order valence-corrected chi connectivity index (χ2v) is 11.5. The van der Waals surface area contributed by atoms with Crippen molar-refractivity contribution in [2.75, 3.05) is 26.2 Å². The van der Waals surface area contributed by atoms with E-state index in [1.807, 2.05) is 6.92 Å². The minimum absolute atomic E-state index is 0.147. The molecule has 1 unspecified atom stereocenters. The minimum atomic E-state index is -0.147. The summed E-state index contributed by atoms with van der Waals surface area (Å²) in [5.74, 6) is 3.01. The van der Waals surface area contributed by atoms with Gasteiger partial charge in [0.25, 0.3) is 0 Å². The van der Waals surface area contributed by atoms with Gasteiger partial charge in [-0.1, -0.05) is 39.3 Å². The Hall–Kier alpha value is -0.380. The normalized spacial score (nSPS) is 44.2. The van der Waals surface area contributed by atoms with Gasteiger partial charge in [-0.15, -0.1) is 0 Å². The van der Waals surface area contributed by atoms with Crippen molar-refractivity contribution in [1.82, 2.24) is 4.90 Å². The molecule has 0 saturated heterocycles. The fourth-order valence-electron chi connectivity index (χ4n) is 8.49. The van der Waals surface area contributed by atoms with Gasteiger partial charge in [0.2, 0.25) is 0 Å². The van der Waals surface area contributed by atoms with Crippen molar-refractivity contribution in [2.24, 2.45) is 34.5 Å². The average Bonchev–Trinajstić information content (AvgIpc) is 3.09. The molecule has 0 radical (unpaired) electrons. The molecule has 0 spiro atoms. The Balaban J connectivity index is 1.42. The molecule has 4 rings (SSSR count). The molecule has 0 amide bonds. The van der Waals surface area contributed by atoms with Gasteiger partial charge in [0.15, 0.2) is 0 Å². The summed E-state index contributed by atoms with van der Waals surface area (Å²) in [6, 6.07) is 0. The van der Waals surface area contributed by atoms with Crippen LogP contribution < -0.4 is 0 Å². The fourth-order valence-corrected chi connectivity index (χ4v) is 8.49. The van der Waals surface area contributed by atoms with Gasteiger partial charge in [0.05, 0.1) is 18.8 Å².